The number of hydrogen-bond donors (Lipinski definition) is 2. The first-order valence-corrected chi connectivity index (χ1v) is 13.2. The Bertz CT molecular complexity index is 1310. The highest BCUT2D eigenvalue weighted by molar-refractivity contribution is 5.83. The van der Waals surface area contributed by atoms with Gasteiger partial charge in [0.05, 0.1) is 18.8 Å². The molecule has 4 aromatic rings. The molecule has 0 radical (unpaired) electrons. The molecule has 0 amide bonds. The van der Waals surface area contributed by atoms with E-state index in [-0.39, 0.29) is 0 Å². The van der Waals surface area contributed by atoms with Gasteiger partial charge in [-0.1, -0.05) is 26.0 Å². The molecule has 0 unspecified atom stereocenters. The lowest BCUT2D eigenvalue weighted by atomic mass is 10.1. The van der Waals surface area contributed by atoms with Crippen molar-refractivity contribution in [2.45, 2.75) is 20.4 Å². The van der Waals surface area contributed by atoms with Crippen LogP contribution in [0.4, 0.5) is 11.6 Å². The first kappa shape index (κ1) is 25.1. The van der Waals surface area contributed by atoms with E-state index >= 15 is 0 Å². The molecule has 2 aliphatic heterocycles. The monoisotopic (exact) mass is 500 g/mol. The zero-order chi connectivity index (χ0) is 25.6. The number of anilines is 2. The Kier molecular flexibility index (Phi) is 7.93. The van der Waals surface area contributed by atoms with Crippen molar-refractivity contribution in [3.63, 3.8) is 0 Å². The maximum Gasteiger partial charge on any atom is 0.167 e. The van der Waals surface area contributed by atoms with Crippen molar-refractivity contribution in [3.8, 4) is 17.1 Å². The lowest BCUT2D eigenvalue weighted by molar-refractivity contribution is 0.122. The standard InChI is InChI=1S/C26H30N8O.C2H6/c27-24-21(2-1-9-29-24)25-30-22-7-8-23(33-14-16-35-17-15-33)31-26(22)34(25)20-5-3-19(4-6-20)18-32-12-10-28-11-13-32;1-2/h1-9,28H,10-18H2,(H2,27,29);1-2H3. The van der Waals surface area contributed by atoms with Gasteiger partial charge in [0.2, 0.25) is 0 Å². The van der Waals surface area contributed by atoms with E-state index in [2.05, 4.69) is 48.9 Å². The van der Waals surface area contributed by atoms with Crippen LogP contribution in [0.3, 0.4) is 0 Å². The molecule has 9 nitrogen and oxygen atoms in total. The molecule has 9 heteroatoms. The van der Waals surface area contributed by atoms with E-state index in [9.17, 15) is 0 Å². The van der Waals surface area contributed by atoms with E-state index < -0.39 is 0 Å². The minimum atomic E-state index is 0.452. The Morgan fingerprint density at radius 3 is 2.41 bits per heavy atom. The second-order valence-corrected chi connectivity index (χ2v) is 9.01. The third kappa shape index (κ3) is 5.44. The number of nitrogens with zero attached hydrogens (tertiary/aromatic N) is 6. The molecule has 194 valence electrons. The number of rotatable bonds is 5. The van der Waals surface area contributed by atoms with Gasteiger partial charge in [-0.25, -0.2) is 15.0 Å². The summed E-state index contributed by atoms with van der Waals surface area (Å²) in [4.78, 5) is 19.0. The average Bonchev–Trinajstić information content (AvgIpc) is 3.34. The number of hydrogen-bond acceptors (Lipinski definition) is 8. The fourth-order valence-corrected chi connectivity index (χ4v) is 4.83. The zero-order valence-electron chi connectivity index (χ0n) is 21.7. The molecule has 6 rings (SSSR count). The van der Waals surface area contributed by atoms with Crippen molar-refractivity contribution in [2.75, 3.05) is 63.1 Å². The van der Waals surface area contributed by atoms with Crippen LogP contribution in [-0.2, 0) is 11.3 Å². The van der Waals surface area contributed by atoms with E-state index in [1.807, 2.05) is 38.1 Å². The van der Waals surface area contributed by atoms with Gasteiger partial charge >= 0.3 is 0 Å². The number of pyridine rings is 2. The molecule has 2 fully saturated rings. The Balaban J connectivity index is 0.00000137. The topological polar surface area (TPSA) is 97.4 Å². The summed E-state index contributed by atoms with van der Waals surface area (Å²) in [5.41, 5.74) is 11.0. The van der Waals surface area contributed by atoms with Crippen molar-refractivity contribution in [3.05, 3.63) is 60.3 Å². The summed E-state index contributed by atoms with van der Waals surface area (Å²) in [6.45, 7) is 12.3. The Labute approximate surface area is 218 Å². The summed E-state index contributed by atoms with van der Waals surface area (Å²) in [5.74, 6) is 2.13. The van der Waals surface area contributed by atoms with Gasteiger partial charge in [0.25, 0.3) is 0 Å². The lowest BCUT2D eigenvalue weighted by Crippen LogP contribution is -2.42. The number of nitrogens with one attached hydrogen (secondary N) is 1. The van der Waals surface area contributed by atoms with Gasteiger partial charge in [-0.2, -0.15) is 0 Å². The van der Waals surface area contributed by atoms with E-state index in [0.717, 1.165) is 79.9 Å². The van der Waals surface area contributed by atoms with E-state index in [1.54, 1.807) is 6.20 Å². The third-order valence-corrected chi connectivity index (χ3v) is 6.71. The van der Waals surface area contributed by atoms with Crippen LogP contribution in [0.5, 0.6) is 0 Å². The quantitative estimate of drug-likeness (QED) is 0.431. The van der Waals surface area contributed by atoms with E-state index in [4.69, 9.17) is 20.4 Å². The molecule has 5 heterocycles. The number of aromatic nitrogens is 4. The second-order valence-electron chi connectivity index (χ2n) is 9.01. The molecule has 3 N–H and O–H groups in total. The van der Waals surface area contributed by atoms with Crippen LogP contribution in [0.25, 0.3) is 28.2 Å². The normalized spacial score (nSPS) is 16.4. The first-order valence-electron chi connectivity index (χ1n) is 13.2. The van der Waals surface area contributed by atoms with Crippen molar-refractivity contribution in [1.29, 1.82) is 0 Å². The molecule has 3 aromatic heterocycles. The zero-order valence-corrected chi connectivity index (χ0v) is 21.7. The summed E-state index contributed by atoms with van der Waals surface area (Å²) < 4.78 is 7.63. The number of piperazine rings is 1. The minimum absolute atomic E-state index is 0.452. The van der Waals surface area contributed by atoms with Crippen LogP contribution in [0, 0.1) is 0 Å². The number of fused-ring (bicyclic) bond motifs is 1. The van der Waals surface area contributed by atoms with E-state index in [1.165, 1.54) is 5.56 Å². The number of morpholine rings is 1. The first-order chi connectivity index (χ1) is 18.3. The van der Waals surface area contributed by atoms with Gasteiger partial charge in [0.1, 0.15) is 17.2 Å². The van der Waals surface area contributed by atoms with Gasteiger partial charge in [0, 0.05) is 57.7 Å². The SMILES string of the molecule is CC.Nc1ncccc1-c1nc2ccc(N3CCOCC3)nc2n1-c1ccc(CN2CCNCC2)cc1. The van der Waals surface area contributed by atoms with Crippen LogP contribution in [0.15, 0.2) is 54.7 Å². The predicted molar refractivity (Wildman–Crippen MR) is 149 cm³/mol. The molecule has 2 aliphatic rings. The fraction of sp³-hybridized carbons (Fsp3) is 0.393. The number of nitrogens with two attached hydrogens (primary N) is 1. The predicted octanol–water partition coefficient (Wildman–Crippen LogP) is 3.33. The van der Waals surface area contributed by atoms with E-state index in [0.29, 0.717) is 19.0 Å². The molecule has 0 spiro atoms. The smallest absolute Gasteiger partial charge is 0.167 e. The largest absolute Gasteiger partial charge is 0.383 e. The maximum atomic E-state index is 6.28. The second kappa shape index (κ2) is 11.7. The molecular weight excluding hydrogens is 464 g/mol. The summed E-state index contributed by atoms with van der Waals surface area (Å²) >= 11 is 0. The summed E-state index contributed by atoms with van der Waals surface area (Å²) in [7, 11) is 0. The molecule has 1 aromatic carbocycles. The minimum Gasteiger partial charge on any atom is -0.383 e. The van der Waals surface area contributed by atoms with Gasteiger partial charge in [-0.15, -0.1) is 0 Å². The maximum absolute atomic E-state index is 6.28. The summed E-state index contributed by atoms with van der Waals surface area (Å²) in [5, 5.41) is 3.42. The molecule has 0 aliphatic carbocycles. The molecule has 0 saturated carbocycles. The van der Waals surface area contributed by atoms with Crippen LogP contribution in [-0.4, -0.2) is 76.9 Å². The van der Waals surface area contributed by atoms with Crippen LogP contribution >= 0.6 is 0 Å². The van der Waals surface area contributed by atoms with Crippen molar-refractivity contribution >= 4 is 22.8 Å². The molecule has 37 heavy (non-hydrogen) atoms. The molecule has 0 atom stereocenters. The molecular formula is C28H36N8O. The number of benzene rings is 1. The number of imidazole rings is 1. The highest BCUT2D eigenvalue weighted by Crippen LogP contribution is 2.31. The van der Waals surface area contributed by atoms with Crippen LogP contribution in [0.1, 0.15) is 19.4 Å². The van der Waals surface area contributed by atoms with Gasteiger partial charge in [-0.3, -0.25) is 9.47 Å². The Morgan fingerprint density at radius 1 is 0.919 bits per heavy atom. The van der Waals surface area contributed by atoms with Crippen molar-refractivity contribution < 1.29 is 4.74 Å². The van der Waals surface area contributed by atoms with Crippen LogP contribution < -0.4 is 16.0 Å². The highest BCUT2D eigenvalue weighted by Gasteiger charge is 2.20. The Morgan fingerprint density at radius 2 is 1.68 bits per heavy atom. The average molecular weight is 501 g/mol. The highest BCUT2D eigenvalue weighted by atomic mass is 16.5. The van der Waals surface area contributed by atoms with Crippen molar-refractivity contribution in [1.82, 2.24) is 29.7 Å². The molecule has 0 bridgehead atoms. The summed E-state index contributed by atoms with van der Waals surface area (Å²) in [6.07, 6.45) is 1.70. The van der Waals surface area contributed by atoms with Crippen molar-refractivity contribution in [2.24, 2.45) is 0 Å². The third-order valence-electron chi connectivity index (χ3n) is 6.71. The fourth-order valence-electron chi connectivity index (χ4n) is 4.83. The van der Waals surface area contributed by atoms with Crippen LogP contribution in [0.2, 0.25) is 0 Å². The molecule has 2 saturated heterocycles. The number of ether oxygens (including phenoxy) is 1. The van der Waals surface area contributed by atoms with Gasteiger partial charge in [-0.05, 0) is 42.0 Å². The summed E-state index contributed by atoms with van der Waals surface area (Å²) in [6, 6.07) is 16.6. The van der Waals surface area contributed by atoms with Gasteiger partial charge in [0.15, 0.2) is 11.5 Å². The number of nitrogen functional groups attached to an aromatic ring is 1. The Hall–Kier alpha value is -3.53. The van der Waals surface area contributed by atoms with Gasteiger partial charge < -0.3 is 20.7 Å². The lowest BCUT2D eigenvalue weighted by Gasteiger charge is -2.27.